The first-order valence-corrected chi connectivity index (χ1v) is 11.4. The zero-order valence-electron chi connectivity index (χ0n) is 20.0. The fourth-order valence-corrected chi connectivity index (χ4v) is 3.53. The first-order chi connectivity index (χ1) is 16.5. The van der Waals surface area contributed by atoms with Crippen molar-refractivity contribution in [3.63, 3.8) is 0 Å². The van der Waals surface area contributed by atoms with Gasteiger partial charge in [-0.1, -0.05) is 0 Å². The second-order valence-electron chi connectivity index (χ2n) is 7.44. The van der Waals surface area contributed by atoms with Crippen LogP contribution in [0.3, 0.4) is 0 Å². The highest BCUT2D eigenvalue weighted by molar-refractivity contribution is 5.85. The van der Waals surface area contributed by atoms with Crippen molar-refractivity contribution in [1.82, 2.24) is 14.9 Å². The SMILES string of the molecule is CCN(CC)c1ccc(/C=N\n2cnnc2N/N=C/c2ccc(N(CC)CC)cc2O)c(O)c1. The van der Waals surface area contributed by atoms with E-state index in [4.69, 9.17) is 0 Å². The number of benzene rings is 2. The van der Waals surface area contributed by atoms with Crippen LogP contribution in [0.5, 0.6) is 11.5 Å². The van der Waals surface area contributed by atoms with E-state index in [0.717, 1.165) is 37.6 Å². The molecular weight excluding hydrogens is 432 g/mol. The normalized spacial score (nSPS) is 11.4. The Hall–Kier alpha value is -4.08. The van der Waals surface area contributed by atoms with Crippen molar-refractivity contribution in [2.75, 3.05) is 41.4 Å². The molecule has 0 unspecified atom stereocenters. The zero-order chi connectivity index (χ0) is 24.5. The monoisotopic (exact) mass is 464 g/mol. The van der Waals surface area contributed by atoms with Gasteiger partial charge < -0.3 is 20.0 Å². The number of hydrogen-bond donors (Lipinski definition) is 3. The Morgan fingerprint density at radius 3 is 1.88 bits per heavy atom. The van der Waals surface area contributed by atoms with Gasteiger partial charge in [0.1, 0.15) is 17.8 Å². The average Bonchev–Trinajstić information content (AvgIpc) is 3.28. The van der Waals surface area contributed by atoms with Crippen LogP contribution in [0.2, 0.25) is 0 Å². The van der Waals surface area contributed by atoms with Crippen molar-refractivity contribution >= 4 is 29.8 Å². The molecule has 0 saturated heterocycles. The summed E-state index contributed by atoms with van der Waals surface area (Å²) >= 11 is 0. The van der Waals surface area contributed by atoms with Crippen LogP contribution in [0.15, 0.2) is 52.9 Å². The van der Waals surface area contributed by atoms with Crippen molar-refractivity contribution < 1.29 is 10.2 Å². The number of phenolic OH excluding ortho intramolecular Hbond substituents is 2. The number of rotatable bonds is 11. The molecule has 0 aliphatic rings. The van der Waals surface area contributed by atoms with E-state index in [1.807, 2.05) is 24.3 Å². The number of anilines is 3. The van der Waals surface area contributed by atoms with Crippen molar-refractivity contribution in [2.24, 2.45) is 10.2 Å². The van der Waals surface area contributed by atoms with Gasteiger partial charge in [-0.15, -0.1) is 10.2 Å². The third-order valence-corrected chi connectivity index (χ3v) is 5.51. The van der Waals surface area contributed by atoms with Gasteiger partial charge in [0.15, 0.2) is 0 Å². The molecule has 0 amide bonds. The van der Waals surface area contributed by atoms with Gasteiger partial charge in [0.25, 0.3) is 5.95 Å². The number of phenols is 2. The van der Waals surface area contributed by atoms with Crippen molar-refractivity contribution in [1.29, 1.82) is 0 Å². The smallest absolute Gasteiger partial charge is 0.265 e. The Morgan fingerprint density at radius 1 is 0.853 bits per heavy atom. The van der Waals surface area contributed by atoms with Crippen molar-refractivity contribution in [3.05, 3.63) is 53.9 Å². The highest BCUT2D eigenvalue weighted by atomic mass is 16.3. The van der Waals surface area contributed by atoms with E-state index in [2.05, 4.69) is 63.3 Å². The lowest BCUT2D eigenvalue weighted by Crippen LogP contribution is -2.21. The number of hydrazone groups is 1. The average molecular weight is 465 g/mol. The van der Waals surface area contributed by atoms with Gasteiger partial charge in [0, 0.05) is 60.8 Å². The number of nitrogens with zero attached hydrogens (tertiary/aromatic N) is 7. The summed E-state index contributed by atoms with van der Waals surface area (Å²) in [5, 5.41) is 37.0. The van der Waals surface area contributed by atoms with Crippen LogP contribution >= 0.6 is 0 Å². The van der Waals surface area contributed by atoms with Gasteiger partial charge in [0.2, 0.25) is 0 Å². The Bertz CT molecular complexity index is 1130. The summed E-state index contributed by atoms with van der Waals surface area (Å²) in [6.07, 6.45) is 4.45. The van der Waals surface area contributed by atoms with E-state index in [-0.39, 0.29) is 17.4 Å². The fraction of sp³-hybridized carbons (Fsp3) is 0.333. The molecule has 3 N–H and O–H groups in total. The number of nitrogens with one attached hydrogen (secondary N) is 1. The van der Waals surface area contributed by atoms with E-state index in [0.29, 0.717) is 11.1 Å². The summed E-state index contributed by atoms with van der Waals surface area (Å²) in [5.41, 5.74) is 5.81. The van der Waals surface area contributed by atoms with E-state index in [1.165, 1.54) is 23.4 Å². The standard InChI is InChI=1S/C24H32N8O2/c1-5-30(6-2)20-11-9-18(22(33)13-20)15-25-28-24-29-26-17-32(24)27-16-19-10-12-21(14-23(19)34)31(7-3)8-4/h9-17,33-34H,5-8H2,1-4H3,(H,28,29)/b25-15+,27-16-. The Morgan fingerprint density at radius 2 is 1.38 bits per heavy atom. The van der Waals surface area contributed by atoms with E-state index < -0.39 is 0 Å². The largest absolute Gasteiger partial charge is 0.507 e. The summed E-state index contributed by atoms with van der Waals surface area (Å²) in [6, 6.07) is 11.0. The number of aromatic hydroxyl groups is 2. The topological polar surface area (TPSA) is 114 Å². The van der Waals surface area contributed by atoms with Crippen molar-refractivity contribution in [3.8, 4) is 11.5 Å². The molecule has 1 heterocycles. The Labute approximate surface area is 199 Å². The van der Waals surface area contributed by atoms with Gasteiger partial charge in [-0.25, -0.2) is 5.43 Å². The summed E-state index contributed by atoms with van der Waals surface area (Å²) in [4.78, 5) is 4.30. The molecule has 3 rings (SSSR count). The van der Waals surface area contributed by atoms with Crippen LogP contribution in [0.4, 0.5) is 17.3 Å². The fourth-order valence-electron chi connectivity index (χ4n) is 3.53. The first-order valence-electron chi connectivity index (χ1n) is 11.4. The van der Waals surface area contributed by atoms with Gasteiger partial charge in [-0.3, -0.25) is 0 Å². The molecule has 0 radical (unpaired) electrons. The molecule has 0 saturated carbocycles. The summed E-state index contributed by atoms with van der Waals surface area (Å²) < 4.78 is 1.40. The van der Waals surface area contributed by atoms with Gasteiger partial charge in [-0.2, -0.15) is 14.9 Å². The summed E-state index contributed by atoms with van der Waals surface area (Å²) in [6.45, 7) is 11.7. The predicted molar refractivity (Wildman–Crippen MR) is 138 cm³/mol. The molecule has 0 spiro atoms. The third-order valence-electron chi connectivity index (χ3n) is 5.51. The molecule has 2 aromatic carbocycles. The molecule has 180 valence electrons. The molecule has 1 aromatic heterocycles. The molecule has 0 bridgehead atoms. The minimum absolute atomic E-state index is 0.136. The van der Waals surface area contributed by atoms with Crippen LogP contribution in [0.25, 0.3) is 0 Å². The lowest BCUT2D eigenvalue weighted by atomic mass is 10.2. The molecule has 0 fully saturated rings. The van der Waals surface area contributed by atoms with Crippen LogP contribution in [-0.4, -0.2) is 63.7 Å². The highest BCUT2D eigenvalue weighted by Gasteiger charge is 2.08. The minimum atomic E-state index is 0.136. The summed E-state index contributed by atoms with van der Waals surface area (Å²) in [7, 11) is 0. The quantitative estimate of drug-likeness (QED) is 0.293. The van der Waals surface area contributed by atoms with Crippen LogP contribution in [0.1, 0.15) is 38.8 Å². The maximum Gasteiger partial charge on any atom is 0.265 e. The predicted octanol–water partition coefficient (Wildman–Crippen LogP) is 3.71. The second-order valence-corrected chi connectivity index (χ2v) is 7.44. The van der Waals surface area contributed by atoms with Crippen molar-refractivity contribution in [2.45, 2.75) is 27.7 Å². The van der Waals surface area contributed by atoms with E-state index in [1.54, 1.807) is 12.1 Å². The molecular formula is C24H32N8O2. The third kappa shape index (κ3) is 5.83. The van der Waals surface area contributed by atoms with Crippen LogP contribution < -0.4 is 15.2 Å². The molecule has 10 nitrogen and oxygen atoms in total. The number of aromatic nitrogens is 3. The first kappa shape index (κ1) is 24.6. The molecule has 34 heavy (non-hydrogen) atoms. The number of hydrogen-bond acceptors (Lipinski definition) is 9. The van der Waals surface area contributed by atoms with Gasteiger partial charge in [0.05, 0.1) is 12.4 Å². The Balaban J connectivity index is 1.69. The highest BCUT2D eigenvalue weighted by Crippen LogP contribution is 2.24. The molecule has 0 atom stereocenters. The zero-order valence-corrected chi connectivity index (χ0v) is 20.0. The lowest BCUT2D eigenvalue weighted by molar-refractivity contribution is 0.474. The van der Waals surface area contributed by atoms with Crippen LogP contribution in [-0.2, 0) is 0 Å². The molecule has 3 aromatic rings. The van der Waals surface area contributed by atoms with E-state index in [9.17, 15) is 10.2 Å². The van der Waals surface area contributed by atoms with Gasteiger partial charge >= 0.3 is 0 Å². The molecule has 0 aliphatic carbocycles. The maximum absolute atomic E-state index is 10.4. The minimum Gasteiger partial charge on any atom is -0.507 e. The molecule has 10 heteroatoms. The second kappa shape index (κ2) is 11.7. The lowest BCUT2D eigenvalue weighted by Gasteiger charge is -2.21. The Kier molecular flexibility index (Phi) is 8.44. The summed E-state index contributed by atoms with van der Waals surface area (Å²) in [5.74, 6) is 0.557. The van der Waals surface area contributed by atoms with E-state index >= 15 is 0 Å². The maximum atomic E-state index is 10.4. The van der Waals surface area contributed by atoms with Gasteiger partial charge in [-0.05, 0) is 52.0 Å². The molecule has 0 aliphatic heterocycles. The van der Waals surface area contributed by atoms with Crippen LogP contribution in [0, 0.1) is 0 Å².